The van der Waals surface area contributed by atoms with Crippen molar-refractivity contribution < 1.29 is 17.9 Å². The van der Waals surface area contributed by atoms with Crippen LogP contribution in [-0.4, -0.2) is 59.7 Å². The summed E-state index contributed by atoms with van der Waals surface area (Å²) < 4.78 is 30.1. The zero-order valence-electron chi connectivity index (χ0n) is 12.9. The number of sulfone groups is 1. The van der Waals surface area contributed by atoms with Gasteiger partial charge in [0.15, 0.2) is 15.4 Å². The van der Waals surface area contributed by atoms with Crippen LogP contribution in [0.3, 0.4) is 0 Å². The first-order chi connectivity index (χ1) is 10.9. The van der Waals surface area contributed by atoms with Crippen molar-refractivity contribution in [3.63, 3.8) is 0 Å². The lowest BCUT2D eigenvalue weighted by molar-refractivity contribution is 0.0840. The second kappa shape index (κ2) is 6.10. The lowest BCUT2D eigenvalue weighted by atomic mass is 10.2. The van der Waals surface area contributed by atoms with Gasteiger partial charge in [-0.2, -0.15) is 0 Å². The van der Waals surface area contributed by atoms with E-state index in [-0.39, 0.29) is 11.5 Å². The van der Waals surface area contributed by atoms with Crippen molar-refractivity contribution >= 4 is 20.9 Å². The van der Waals surface area contributed by atoms with Gasteiger partial charge in [0.05, 0.1) is 29.2 Å². The number of hydrogen-bond acceptors (Lipinski definition) is 6. The normalized spacial score (nSPS) is 23.8. The Balaban J connectivity index is 1.78. The van der Waals surface area contributed by atoms with E-state index in [2.05, 4.69) is 0 Å². The third-order valence-electron chi connectivity index (χ3n) is 4.35. The van der Waals surface area contributed by atoms with E-state index in [1.54, 1.807) is 12.1 Å². The molecule has 1 aromatic heterocycles. The summed E-state index contributed by atoms with van der Waals surface area (Å²) in [5.41, 5.74) is 1.25. The fourth-order valence-corrected chi connectivity index (χ4v) is 5.00. The molecular formula is C15H20N2O5S. The minimum atomic E-state index is -3.19. The summed E-state index contributed by atoms with van der Waals surface area (Å²) in [6.07, 6.45) is -0.877. The van der Waals surface area contributed by atoms with Crippen molar-refractivity contribution in [1.29, 1.82) is 0 Å². The fourth-order valence-electron chi connectivity index (χ4n) is 3.17. The van der Waals surface area contributed by atoms with Crippen molar-refractivity contribution in [2.45, 2.75) is 25.6 Å². The minimum Gasteiger partial charge on any atom is -0.408 e. The minimum absolute atomic E-state index is 0.0387. The van der Waals surface area contributed by atoms with E-state index in [0.717, 1.165) is 0 Å². The quantitative estimate of drug-likeness (QED) is 0.828. The molecule has 0 aliphatic carbocycles. The topological polar surface area (TPSA) is 92.8 Å². The summed E-state index contributed by atoms with van der Waals surface area (Å²) >= 11 is 0. The highest BCUT2D eigenvalue weighted by atomic mass is 32.2. The van der Waals surface area contributed by atoms with Gasteiger partial charge in [0.25, 0.3) is 0 Å². The van der Waals surface area contributed by atoms with E-state index in [9.17, 15) is 18.3 Å². The number of fused-ring (bicyclic) bond motifs is 1. The molecule has 1 saturated heterocycles. The molecule has 0 bridgehead atoms. The molecule has 0 saturated carbocycles. The molecule has 0 radical (unpaired) electrons. The number of aliphatic hydroxyl groups excluding tert-OH is 1. The molecule has 1 aromatic carbocycles. The molecule has 2 heterocycles. The van der Waals surface area contributed by atoms with E-state index in [0.29, 0.717) is 30.7 Å². The number of para-hydroxylation sites is 2. The second-order valence-corrected chi connectivity index (χ2v) is 7.98. The van der Waals surface area contributed by atoms with Crippen LogP contribution in [0.5, 0.6) is 0 Å². The van der Waals surface area contributed by atoms with Gasteiger partial charge in [0, 0.05) is 13.1 Å². The van der Waals surface area contributed by atoms with Gasteiger partial charge >= 0.3 is 5.76 Å². The van der Waals surface area contributed by atoms with E-state index < -0.39 is 27.7 Å². The molecule has 0 spiro atoms. The van der Waals surface area contributed by atoms with Crippen LogP contribution >= 0.6 is 0 Å². The zero-order chi connectivity index (χ0) is 16.6. The Morgan fingerprint density at radius 3 is 2.74 bits per heavy atom. The van der Waals surface area contributed by atoms with Gasteiger partial charge in [0.2, 0.25) is 0 Å². The van der Waals surface area contributed by atoms with Gasteiger partial charge < -0.3 is 9.52 Å². The third-order valence-corrected chi connectivity index (χ3v) is 6.05. The summed E-state index contributed by atoms with van der Waals surface area (Å²) in [6, 6.07) is 6.76. The molecule has 1 fully saturated rings. The highest BCUT2D eigenvalue weighted by Crippen LogP contribution is 2.19. The Bertz CT molecular complexity index is 854. The van der Waals surface area contributed by atoms with E-state index >= 15 is 0 Å². The number of rotatable bonds is 5. The van der Waals surface area contributed by atoms with Crippen molar-refractivity contribution in [2.75, 3.05) is 24.6 Å². The zero-order valence-corrected chi connectivity index (χ0v) is 13.7. The molecule has 1 aliphatic rings. The molecule has 3 rings (SSSR count). The Labute approximate surface area is 134 Å². The number of aliphatic hydroxyl groups is 1. The summed E-state index contributed by atoms with van der Waals surface area (Å²) in [5.74, 6) is -0.659. The first-order valence-corrected chi connectivity index (χ1v) is 9.44. The molecule has 126 valence electrons. The van der Waals surface area contributed by atoms with Crippen molar-refractivity contribution in [2.24, 2.45) is 0 Å². The van der Waals surface area contributed by atoms with Gasteiger partial charge in [-0.15, -0.1) is 0 Å². The van der Waals surface area contributed by atoms with Crippen LogP contribution in [0.1, 0.15) is 6.92 Å². The van der Waals surface area contributed by atoms with Gasteiger partial charge in [0.1, 0.15) is 0 Å². The molecule has 7 nitrogen and oxygen atoms in total. The summed E-state index contributed by atoms with van der Waals surface area (Å²) in [6.45, 7) is 3.36. The Morgan fingerprint density at radius 1 is 1.35 bits per heavy atom. The number of aromatic nitrogens is 1. The van der Waals surface area contributed by atoms with Crippen molar-refractivity contribution in [3.8, 4) is 0 Å². The summed E-state index contributed by atoms with van der Waals surface area (Å²) in [7, 11) is -3.19. The smallest absolute Gasteiger partial charge is 0.408 e. The third kappa shape index (κ3) is 3.19. The molecule has 0 amide bonds. The number of benzene rings is 1. The average Bonchev–Trinajstić information content (AvgIpc) is 2.95. The molecule has 1 aliphatic heterocycles. The highest BCUT2D eigenvalue weighted by Gasteiger charge is 2.39. The van der Waals surface area contributed by atoms with Crippen LogP contribution in [0.15, 0.2) is 33.5 Å². The van der Waals surface area contributed by atoms with Crippen LogP contribution in [0.4, 0.5) is 0 Å². The summed E-state index contributed by atoms with van der Waals surface area (Å²) in [4.78, 5) is 13.9. The molecule has 1 N–H and O–H groups in total. The maximum atomic E-state index is 12.0. The molecule has 23 heavy (non-hydrogen) atoms. The fraction of sp³-hybridized carbons (Fsp3) is 0.533. The monoisotopic (exact) mass is 340 g/mol. The molecule has 2 atom stereocenters. The number of nitrogens with zero attached hydrogens (tertiary/aromatic N) is 2. The molecule has 2 aromatic rings. The summed E-state index contributed by atoms with van der Waals surface area (Å²) in [5, 5.41) is 10.0. The SMILES string of the molecule is CCN(CCn1c(=O)oc2ccccc21)[C@H]1CS(=O)(=O)C[C@@H]1O. The molecular weight excluding hydrogens is 320 g/mol. The van der Waals surface area contributed by atoms with E-state index in [1.165, 1.54) is 4.57 Å². The number of hydrogen-bond donors (Lipinski definition) is 1. The lowest BCUT2D eigenvalue weighted by Gasteiger charge is -2.28. The van der Waals surface area contributed by atoms with Gasteiger partial charge in [-0.1, -0.05) is 19.1 Å². The average molecular weight is 340 g/mol. The lowest BCUT2D eigenvalue weighted by Crippen LogP contribution is -2.44. The predicted molar refractivity (Wildman–Crippen MR) is 86.2 cm³/mol. The highest BCUT2D eigenvalue weighted by molar-refractivity contribution is 7.91. The van der Waals surface area contributed by atoms with Gasteiger partial charge in [-0.25, -0.2) is 13.2 Å². The predicted octanol–water partition coefficient (Wildman–Crippen LogP) is 0.0743. The Kier molecular flexibility index (Phi) is 4.31. The van der Waals surface area contributed by atoms with Gasteiger partial charge in [-0.3, -0.25) is 9.47 Å². The van der Waals surface area contributed by atoms with Crippen LogP contribution in [0.25, 0.3) is 11.1 Å². The first kappa shape index (κ1) is 16.2. The maximum absolute atomic E-state index is 12.0. The number of likely N-dealkylation sites (N-methyl/N-ethyl adjacent to an activating group) is 1. The van der Waals surface area contributed by atoms with Crippen molar-refractivity contribution in [3.05, 3.63) is 34.8 Å². The van der Waals surface area contributed by atoms with Crippen LogP contribution in [0.2, 0.25) is 0 Å². The number of oxazole rings is 1. The standard InChI is InChI=1S/C15H20N2O5S/c1-2-16(12-9-23(20,21)10-13(12)18)7-8-17-11-5-3-4-6-14(11)22-15(17)19/h3-6,12-13,18H,2,7-10H2,1H3/t12-,13-/m0/s1. The van der Waals surface area contributed by atoms with E-state index in [4.69, 9.17) is 4.42 Å². The Hall–Kier alpha value is -1.64. The van der Waals surface area contributed by atoms with Gasteiger partial charge in [-0.05, 0) is 18.7 Å². The largest absolute Gasteiger partial charge is 0.419 e. The maximum Gasteiger partial charge on any atom is 0.419 e. The second-order valence-electron chi connectivity index (χ2n) is 5.83. The van der Waals surface area contributed by atoms with Crippen LogP contribution < -0.4 is 5.76 Å². The molecule has 0 unspecified atom stereocenters. The van der Waals surface area contributed by atoms with Crippen molar-refractivity contribution in [1.82, 2.24) is 9.47 Å². The first-order valence-electron chi connectivity index (χ1n) is 7.62. The Morgan fingerprint density at radius 2 is 2.09 bits per heavy atom. The van der Waals surface area contributed by atoms with Crippen LogP contribution in [0, 0.1) is 0 Å². The molecule has 8 heteroatoms. The van der Waals surface area contributed by atoms with E-state index in [1.807, 2.05) is 24.0 Å². The van der Waals surface area contributed by atoms with Crippen LogP contribution in [-0.2, 0) is 16.4 Å².